The van der Waals surface area contributed by atoms with E-state index in [4.69, 9.17) is 23.2 Å². The molecule has 0 N–H and O–H groups in total. The van der Waals surface area contributed by atoms with E-state index >= 15 is 0 Å². The summed E-state index contributed by atoms with van der Waals surface area (Å²) >= 11 is 11.7. The number of carbonyl (C=O) groups is 1. The Hall–Kier alpha value is -2.43. The molecule has 0 aliphatic carbocycles. The van der Waals surface area contributed by atoms with E-state index in [9.17, 15) is 4.79 Å². The van der Waals surface area contributed by atoms with Crippen LogP contribution >= 0.6 is 23.2 Å². The summed E-state index contributed by atoms with van der Waals surface area (Å²) in [5, 5.41) is 1.06. The van der Waals surface area contributed by atoms with Crippen molar-refractivity contribution in [1.82, 2.24) is 9.97 Å². The second-order valence-corrected chi connectivity index (χ2v) is 6.28. The molecule has 3 aromatic rings. The number of hydrogen-bond acceptors (Lipinski definition) is 3. The van der Waals surface area contributed by atoms with Gasteiger partial charge in [0.2, 0.25) is 5.91 Å². The van der Waals surface area contributed by atoms with Crippen molar-refractivity contribution in [3.05, 3.63) is 88.3 Å². The maximum absolute atomic E-state index is 12.9. The molecule has 0 bridgehead atoms. The topological polar surface area (TPSA) is 46.1 Å². The molecule has 2 aromatic heterocycles. The third-order valence-corrected chi connectivity index (χ3v) is 4.10. The monoisotopic (exact) mass is 371 g/mol. The van der Waals surface area contributed by atoms with E-state index < -0.39 is 0 Å². The minimum atomic E-state index is -0.0593. The molecule has 126 valence electrons. The number of benzene rings is 1. The first kappa shape index (κ1) is 17.4. The minimum absolute atomic E-state index is 0.0593. The highest BCUT2D eigenvalue weighted by Crippen LogP contribution is 2.17. The number of nitrogens with zero attached hydrogens (tertiary/aromatic N) is 3. The quantitative estimate of drug-likeness (QED) is 0.617. The van der Waals surface area contributed by atoms with Crippen LogP contribution in [0.2, 0.25) is 10.2 Å². The van der Waals surface area contributed by atoms with E-state index in [-0.39, 0.29) is 12.3 Å². The fourth-order valence-electron chi connectivity index (χ4n) is 2.37. The molecule has 0 saturated carbocycles. The molecule has 6 heteroatoms. The summed E-state index contributed by atoms with van der Waals surface area (Å²) in [6, 6.07) is 16.3. The Labute approximate surface area is 156 Å². The Morgan fingerprint density at radius 2 is 1.68 bits per heavy atom. The van der Waals surface area contributed by atoms with Gasteiger partial charge in [-0.2, -0.15) is 0 Å². The van der Waals surface area contributed by atoms with Crippen LogP contribution in [-0.4, -0.2) is 15.9 Å². The Balaban J connectivity index is 1.83. The molecular weight excluding hydrogens is 357 g/mol. The van der Waals surface area contributed by atoms with Gasteiger partial charge >= 0.3 is 0 Å². The second kappa shape index (κ2) is 8.10. The van der Waals surface area contributed by atoms with E-state index in [0.717, 1.165) is 11.1 Å². The van der Waals surface area contributed by atoms with E-state index in [1.54, 1.807) is 35.5 Å². The van der Waals surface area contributed by atoms with E-state index in [2.05, 4.69) is 9.97 Å². The van der Waals surface area contributed by atoms with Crippen molar-refractivity contribution in [3.8, 4) is 0 Å². The van der Waals surface area contributed by atoms with Crippen molar-refractivity contribution in [2.24, 2.45) is 0 Å². The molecule has 0 radical (unpaired) electrons. The van der Waals surface area contributed by atoms with Crippen molar-refractivity contribution in [3.63, 3.8) is 0 Å². The van der Waals surface area contributed by atoms with E-state index in [0.29, 0.717) is 22.5 Å². The lowest BCUT2D eigenvalue weighted by molar-refractivity contribution is -0.118. The Bertz CT molecular complexity index is 837. The number of rotatable bonds is 5. The summed E-state index contributed by atoms with van der Waals surface area (Å²) in [7, 11) is 0. The van der Waals surface area contributed by atoms with Gasteiger partial charge in [-0.1, -0.05) is 47.5 Å². The number of hydrogen-bond donors (Lipinski definition) is 0. The molecular formula is C19H15Cl2N3O. The van der Waals surface area contributed by atoms with Crippen molar-refractivity contribution >= 4 is 34.9 Å². The minimum Gasteiger partial charge on any atom is -0.292 e. The summed E-state index contributed by atoms with van der Waals surface area (Å²) < 4.78 is 0. The molecule has 1 aromatic carbocycles. The maximum Gasteiger partial charge on any atom is 0.232 e. The summed E-state index contributed by atoms with van der Waals surface area (Å²) in [6.45, 7) is 0.369. The Kier molecular flexibility index (Phi) is 5.64. The lowest BCUT2D eigenvalue weighted by atomic mass is 10.1. The number of aromatic nitrogens is 2. The second-order valence-electron chi connectivity index (χ2n) is 5.46. The van der Waals surface area contributed by atoms with Gasteiger partial charge in [0, 0.05) is 17.4 Å². The lowest BCUT2D eigenvalue weighted by Crippen LogP contribution is -2.32. The van der Waals surface area contributed by atoms with Gasteiger partial charge in [0.15, 0.2) is 0 Å². The lowest BCUT2D eigenvalue weighted by Gasteiger charge is -2.22. The van der Waals surface area contributed by atoms with Gasteiger partial charge in [-0.3, -0.25) is 9.69 Å². The molecule has 0 atom stereocenters. The van der Waals surface area contributed by atoms with Crippen LogP contribution in [0.15, 0.2) is 67.0 Å². The predicted octanol–water partition coefficient (Wildman–Crippen LogP) is 4.56. The molecule has 0 spiro atoms. The standard InChI is InChI=1S/C19H15Cl2N3O/c20-16-7-4-14(5-8-16)11-19(25)24(18-3-1-2-10-22-18)13-15-6-9-17(21)23-12-15/h1-10,12H,11,13H2. The summed E-state index contributed by atoms with van der Waals surface area (Å²) in [4.78, 5) is 22.9. The van der Waals surface area contributed by atoms with Gasteiger partial charge in [0.05, 0.1) is 13.0 Å². The Morgan fingerprint density at radius 1 is 0.920 bits per heavy atom. The van der Waals surface area contributed by atoms with Crippen LogP contribution < -0.4 is 4.90 Å². The third-order valence-electron chi connectivity index (χ3n) is 3.62. The van der Waals surface area contributed by atoms with E-state index in [1.165, 1.54) is 0 Å². The fraction of sp³-hybridized carbons (Fsp3) is 0.105. The van der Waals surface area contributed by atoms with Gasteiger partial charge in [0.1, 0.15) is 11.0 Å². The van der Waals surface area contributed by atoms with Crippen LogP contribution in [0.5, 0.6) is 0 Å². The highest BCUT2D eigenvalue weighted by Gasteiger charge is 2.18. The molecule has 3 rings (SSSR count). The van der Waals surface area contributed by atoms with Crippen LogP contribution in [0.25, 0.3) is 0 Å². The average molecular weight is 372 g/mol. The first-order chi connectivity index (χ1) is 12.1. The van der Waals surface area contributed by atoms with Gasteiger partial charge in [-0.15, -0.1) is 0 Å². The molecule has 25 heavy (non-hydrogen) atoms. The smallest absolute Gasteiger partial charge is 0.232 e. The van der Waals surface area contributed by atoms with Crippen molar-refractivity contribution in [2.45, 2.75) is 13.0 Å². The number of carbonyl (C=O) groups excluding carboxylic acids is 1. The highest BCUT2D eigenvalue weighted by molar-refractivity contribution is 6.30. The zero-order valence-corrected chi connectivity index (χ0v) is 14.8. The van der Waals surface area contributed by atoms with Crippen LogP contribution in [0.1, 0.15) is 11.1 Å². The van der Waals surface area contributed by atoms with Gasteiger partial charge in [0.25, 0.3) is 0 Å². The summed E-state index contributed by atoms with van der Waals surface area (Å²) in [5.74, 6) is 0.535. The molecule has 0 aliphatic rings. The average Bonchev–Trinajstić information content (AvgIpc) is 2.64. The van der Waals surface area contributed by atoms with Crippen LogP contribution in [0.3, 0.4) is 0 Å². The Morgan fingerprint density at radius 3 is 2.32 bits per heavy atom. The normalized spacial score (nSPS) is 10.5. The van der Waals surface area contributed by atoms with Crippen LogP contribution in [0, 0.1) is 0 Å². The van der Waals surface area contributed by atoms with Crippen molar-refractivity contribution < 1.29 is 4.79 Å². The molecule has 0 unspecified atom stereocenters. The number of amides is 1. The number of anilines is 1. The van der Waals surface area contributed by atoms with Gasteiger partial charge in [-0.25, -0.2) is 9.97 Å². The van der Waals surface area contributed by atoms with Crippen LogP contribution in [0.4, 0.5) is 5.82 Å². The zero-order chi connectivity index (χ0) is 17.6. The number of pyridine rings is 2. The van der Waals surface area contributed by atoms with Gasteiger partial charge < -0.3 is 0 Å². The molecule has 0 saturated heterocycles. The first-order valence-corrected chi connectivity index (χ1v) is 8.44. The largest absolute Gasteiger partial charge is 0.292 e. The predicted molar refractivity (Wildman–Crippen MR) is 99.8 cm³/mol. The zero-order valence-electron chi connectivity index (χ0n) is 13.3. The third kappa shape index (κ3) is 4.78. The summed E-state index contributed by atoms with van der Waals surface area (Å²) in [5.41, 5.74) is 1.77. The maximum atomic E-state index is 12.9. The SMILES string of the molecule is O=C(Cc1ccc(Cl)cc1)N(Cc1ccc(Cl)nc1)c1ccccn1. The first-order valence-electron chi connectivity index (χ1n) is 7.68. The molecule has 0 fully saturated rings. The van der Waals surface area contributed by atoms with Crippen molar-refractivity contribution in [2.75, 3.05) is 4.90 Å². The fourth-order valence-corrected chi connectivity index (χ4v) is 2.60. The molecule has 2 heterocycles. The summed E-state index contributed by atoms with van der Waals surface area (Å²) in [6.07, 6.45) is 3.58. The molecule has 0 aliphatic heterocycles. The molecule has 4 nitrogen and oxygen atoms in total. The molecule has 1 amide bonds. The highest BCUT2D eigenvalue weighted by atomic mass is 35.5. The van der Waals surface area contributed by atoms with Crippen molar-refractivity contribution in [1.29, 1.82) is 0 Å². The van der Waals surface area contributed by atoms with E-state index in [1.807, 2.05) is 36.4 Å². The van der Waals surface area contributed by atoms with Crippen LogP contribution in [-0.2, 0) is 17.8 Å². The van der Waals surface area contributed by atoms with Gasteiger partial charge in [-0.05, 0) is 41.5 Å². The number of halogens is 2.